The van der Waals surface area contributed by atoms with Gasteiger partial charge in [0.15, 0.2) is 0 Å². The number of unbranched alkanes of at least 4 members (excludes halogenated alkanes) is 5. The predicted octanol–water partition coefficient (Wildman–Crippen LogP) is 3.67. The third-order valence-electron chi connectivity index (χ3n) is 8.20. The number of halogens is 1. The summed E-state index contributed by atoms with van der Waals surface area (Å²) in [7, 11) is 0. The van der Waals surface area contributed by atoms with Crippen LogP contribution in [0.4, 0.5) is 5.69 Å². The van der Waals surface area contributed by atoms with Crippen molar-refractivity contribution in [1.82, 2.24) is 10.6 Å². The molecule has 2 aromatic carbocycles. The summed E-state index contributed by atoms with van der Waals surface area (Å²) in [5.41, 5.74) is 1.79. The number of amides is 3. The van der Waals surface area contributed by atoms with Crippen molar-refractivity contribution in [3.05, 3.63) is 59.2 Å². The molecule has 0 saturated carbocycles. The number of ether oxygens (including phenoxy) is 1. The van der Waals surface area contributed by atoms with Crippen LogP contribution in [-0.4, -0.2) is 68.1 Å². The number of hydrogen-bond donors (Lipinski definition) is 3. The summed E-state index contributed by atoms with van der Waals surface area (Å²) in [6.45, 7) is 18.5. The second kappa shape index (κ2) is 21.1. The Kier molecular flexibility index (Phi) is 18.9. The molecule has 0 aliphatic heterocycles. The molecule has 8 nitrogen and oxygen atoms in total. The third kappa shape index (κ3) is 13.1. The van der Waals surface area contributed by atoms with Gasteiger partial charge in [-0.15, -0.1) is 0 Å². The molecule has 0 spiro atoms. The van der Waals surface area contributed by atoms with Crippen molar-refractivity contribution in [2.45, 2.75) is 80.1 Å². The van der Waals surface area contributed by atoms with E-state index < -0.39 is 0 Å². The number of carbonyl (C=O) groups excluding carboxylic acids is 3. The van der Waals surface area contributed by atoms with Gasteiger partial charge in [0.1, 0.15) is 5.75 Å². The van der Waals surface area contributed by atoms with Crippen molar-refractivity contribution < 1.29 is 47.6 Å². The number of benzene rings is 2. The van der Waals surface area contributed by atoms with E-state index in [2.05, 4.69) is 43.6 Å². The first-order chi connectivity index (χ1) is 20.7. The van der Waals surface area contributed by atoms with Gasteiger partial charge in [-0.05, 0) is 75.6 Å². The van der Waals surface area contributed by atoms with E-state index in [-0.39, 0.29) is 41.7 Å². The zero-order valence-corrected chi connectivity index (χ0v) is 29.9. The Morgan fingerprint density at radius 2 is 1.34 bits per heavy atom. The summed E-state index contributed by atoms with van der Waals surface area (Å²) in [5, 5.41) is 8.84. The Balaban J connectivity index is 0.00000968. The molecule has 44 heavy (non-hydrogen) atoms. The van der Waals surface area contributed by atoms with E-state index in [1.54, 1.807) is 42.5 Å². The maximum Gasteiger partial charge on any atom is 0.259 e. The van der Waals surface area contributed by atoms with Gasteiger partial charge in [-0.25, -0.2) is 0 Å². The van der Waals surface area contributed by atoms with Crippen LogP contribution in [0.5, 0.6) is 5.75 Å². The van der Waals surface area contributed by atoms with Gasteiger partial charge in [0.2, 0.25) is 0 Å². The van der Waals surface area contributed by atoms with Crippen molar-refractivity contribution in [3.63, 3.8) is 0 Å². The fourth-order valence-corrected chi connectivity index (χ4v) is 5.00. The largest absolute Gasteiger partial charge is 1.00 e. The molecule has 0 bridgehead atoms. The van der Waals surface area contributed by atoms with E-state index >= 15 is 0 Å². The summed E-state index contributed by atoms with van der Waals surface area (Å²) in [6, 6.07) is 11.8. The van der Waals surface area contributed by atoms with E-state index in [9.17, 15) is 14.4 Å². The Hall–Kier alpha value is -2.66. The highest BCUT2D eigenvalue weighted by molar-refractivity contribution is 6.08. The first kappa shape index (κ1) is 39.4. The number of nitrogens with one attached hydrogen (secondary N) is 3. The molecule has 0 radical (unpaired) electrons. The molecular weight excluding hydrogens is 667 g/mol. The molecule has 2 rings (SSSR count). The van der Waals surface area contributed by atoms with E-state index in [1.165, 1.54) is 25.7 Å². The number of anilines is 1. The minimum absolute atomic E-state index is 0. The summed E-state index contributed by atoms with van der Waals surface area (Å²) in [4.78, 5) is 38.9. The van der Waals surface area contributed by atoms with Crippen molar-refractivity contribution in [1.29, 1.82) is 0 Å². The lowest BCUT2D eigenvalue weighted by molar-refractivity contribution is -0.922. The van der Waals surface area contributed by atoms with Gasteiger partial charge >= 0.3 is 0 Å². The second-order valence-electron chi connectivity index (χ2n) is 11.7. The Labute approximate surface area is 282 Å². The topological polar surface area (TPSA) is 96.5 Å². The zero-order valence-electron chi connectivity index (χ0n) is 27.8. The number of likely N-dealkylation sites (N-methyl/N-ethyl adjacent to an activating group) is 1. The fourth-order valence-electron chi connectivity index (χ4n) is 5.00. The molecule has 0 aliphatic carbocycles. The SMILES string of the molecule is CCCCCCCCOc1ccc(C(=O)NCC(C)C)cc1C(=O)Nc1ccc(C(=O)NCC[N+](CC)(CC)CC)cc1.[I-]. The standard InChI is InChI=1S/C35H54N4O4.HI/c1-7-11-12-13-14-15-24-43-32-21-18-29(34(41)37-26-27(5)6)25-31(32)35(42)38-30-19-16-28(17-20-30)33(40)36-22-23-39(8-2,9-3)10-4;/h16-21,25,27H,7-15,22-24,26H2,1-6H3,(H2-,36,37,38,40,41,42);1H. The highest BCUT2D eigenvalue weighted by Crippen LogP contribution is 2.23. The quantitative estimate of drug-likeness (QED) is 0.111. The molecule has 9 heteroatoms. The van der Waals surface area contributed by atoms with Crippen LogP contribution < -0.4 is 44.7 Å². The maximum atomic E-state index is 13.4. The van der Waals surface area contributed by atoms with Gasteiger partial charge in [-0.2, -0.15) is 0 Å². The molecule has 0 unspecified atom stereocenters. The van der Waals surface area contributed by atoms with Crippen molar-refractivity contribution >= 4 is 23.4 Å². The summed E-state index contributed by atoms with van der Waals surface area (Å²) >= 11 is 0. The van der Waals surface area contributed by atoms with E-state index in [1.807, 2.05) is 13.8 Å². The normalized spacial score (nSPS) is 11.1. The average molecular weight is 723 g/mol. The fraction of sp³-hybridized carbons (Fsp3) is 0.571. The molecule has 2 aromatic rings. The molecule has 0 atom stereocenters. The second-order valence-corrected chi connectivity index (χ2v) is 11.7. The molecule has 0 heterocycles. The Bertz CT molecular complexity index is 1140. The van der Waals surface area contributed by atoms with Crippen LogP contribution in [-0.2, 0) is 0 Å². The molecule has 0 aromatic heterocycles. The molecule has 0 aliphatic rings. The summed E-state index contributed by atoms with van der Waals surface area (Å²) in [5.74, 6) is 0.0244. The highest BCUT2D eigenvalue weighted by atomic mass is 127. The summed E-state index contributed by atoms with van der Waals surface area (Å²) < 4.78 is 6.99. The Morgan fingerprint density at radius 3 is 1.95 bits per heavy atom. The first-order valence-corrected chi connectivity index (χ1v) is 16.3. The van der Waals surface area contributed by atoms with Gasteiger partial charge in [-0.3, -0.25) is 14.4 Å². The molecule has 0 saturated heterocycles. The highest BCUT2D eigenvalue weighted by Gasteiger charge is 2.21. The zero-order chi connectivity index (χ0) is 31.7. The maximum absolute atomic E-state index is 13.4. The lowest BCUT2D eigenvalue weighted by atomic mass is 10.1. The minimum atomic E-state index is -0.374. The van der Waals surface area contributed by atoms with Crippen molar-refractivity contribution in [2.75, 3.05) is 51.2 Å². The number of rotatable bonds is 20. The first-order valence-electron chi connectivity index (χ1n) is 16.3. The van der Waals surface area contributed by atoms with Crippen molar-refractivity contribution in [3.8, 4) is 5.75 Å². The van der Waals surface area contributed by atoms with Crippen LogP contribution in [0, 0.1) is 5.92 Å². The Morgan fingerprint density at radius 1 is 0.750 bits per heavy atom. The van der Waals surface area contributed by atoms with Crippen LogP contribution in [0.2, 0.25) is 0 Å². The monoisotopic (exact) mass is 722 g/mol. The molecular formula is C35H55IN4O4. The van der Waals surface area contributed by atoms with Crippen LogP contribution in [0.3, 0.4) is 0 Å². The number of quaternary nitrogens is 1. The lowest BCUT2D eigenvalue weighted by Gasteiger charge is -2.35. The van der Waals surface area contributed by atoms with Gasteiger partial charge in [-0.1, -0.05) is 52.9 Å². The number of nitrogens with zero attached hydrogens (tertiary/aromatic N) is 1. The number of carbonyl (C=O) groups is 3. The smallest absolute Gasteiger partial charge is 0.259 e. The van der Waals surface area contributed by atoms with E-state index in [0.29, 0.717) is 53.7 Å². The third-order valence-corrected chi connectivity index (χ3v) is 8.20. The van der Waals surface area contributed by atoms with Gasteiger partial charge in [0, 0.05) is 23.4 Å². The van der Waals surface area contributed by atoms with E-state index in [0.717, 1.165) is 43.5 Å². The van der Waals surface area contributed by atoms with Gasteiger partial charge < -0.3 is 49.1 Å². The molecule has 246 valence electrons. The number of hydrogen-bond acceptors (Lipinski definition) is 4. The van der Waals surface area contributed by atoms with Crippen LogP contribution in [0.1, 0.15) is 111 Å². The average Bonchev–Trinajstić information content (AvgIpc) is 3.02. The van der Waals surface area contributed by atoms with Crippen LogP contribution >= 0.6 is 0 Å². The van der Waals surface area contributed by atoms with E-state index in [4.69, 9.17) is 4.74 Å². The van der Waals surface area contributed by atoms with Gasteiger partial charge in [0.25, 0.3) is 17.7 Å². The predicted molar refractivity (Wildman–Crippen MR) is 176 cm³/mol. The van der Waals surface area contributed by atoms with Crippen LogP contribution in [0.25, 0.3) is 0 Å². The molecule has 3 amide bonds. The summed E-state index contributed by atoms with van der Waals surface area (Å²) in [6.07, 6.45) is 6.82. The lowest BCUT2D eigenvalue weighted by Crippen LogP contribution is -3.00. The molecule has 3 N–H and O–H groups in total. The minimum Gasteiger partial charge on any atom is -1.00 e. The van der Waals surface area contributed by atoms with Gasteiger partial charge in [0.05, 0.1) is 44.9 Å². The van der Waals surface area contributed by atoms with Crippen LogP contribution in [0.15, 0.2) is 42.5 Å². The molecule has 0 fully saturated rings. The van der Waals surface area contributed by atoms with Crippen molar-refractivity contribution in [2.24, 2.45) is 5.92 Å².